The molecule has 0 spiro atoms. The molecule has 0 bridgehead atoms. The minimum atomic E-state index is -4.75. The average molecular weight is 1070 g/mol. The first-order valence-electron chi connectivity index (χ1n) is 24.7. The molecule has 398 valence electrons. The molecule has 15 nitrogen and oxygen atoms in total. The summed E-state index contributed by atoms with van der Waals surface area (Å²) in [6.07, 6.45) is -6.16. The van der Waals surface area contributed by atoms with E-state index >= 15 is 0 Å². The molecule has 2 amide bonds. The van der Waals surface area contributed by atoms with Gasteiger partial charge in [-0.1, -0.05) is 90.7 Å². The van der Waals surface area contributed by atoms with Crippen molar-refractivity contribution in [2.75, 3.05) is 5.73 Å². The van der Waals surface area contributed by atoms with Crippen molar-refractivity contribution in [3.05, 3.63) is 189 Å². The Morgan fingerprint density at radius 3 is 1.74 bits per heavy atom. The molecule has 1 aliphatic carbocycles. The Labute approximate surface area is 441 Å². The first kappa shape index (κ1) is 52.2. The fourth-order valence-corrected chi connectivity index (χ4v) is 10.2. The van der Waals surface area contributed by atoms with Crippen LogP contribution in [-0.4, -0.2) is 62.8 Å². The number of nitrogens with one attached hydrogen (secondary N) is 2. The second-order valence-electron chi connectivity index (χ2n) is 19.4. The summed E-state index contributed by atoms with van der Waals surface area (Å²) in [5.41, 5.74) is 14.1. The van der Waals surface area contributed by atoms with Crippen molar-refractivity contribution in [3.63, 3.8) is 0 Å². The van der Waals surface area contributed by atoms with Gasteiger partial charge in [0, 0.05) is 39.2 Å². The Morgan fingerprint density at radius 2 is 1.18 bits per heavy atom. The summed E-state index contributed by atoms with van der Waals surface area (Å²) in [4.78, 5) is 26.7. The zero-order valence-corrected chi connectivity index (χ0v) is 42.1. The molecule has 21 heteroatoms. The van der Waals surface area contributed by atoms with Gasteiger partial charge in [0.1, 0.15) is 18.0 Å². The van der Waals surface area contributed by atoms with Gasteiger partial charge in [-0.2, -0.15) is 36.5 Å². The smallest absolute Gasteiger partial charge is 0.416 e. The molecule has 1 saturated carbocycles. The lowest BCUT2D eigenvalue weighted by atomic mass is 9.96. The first-order valence-corrected chi connectivity index (χ1v) is 24.7. The number of hydrogen-bond donors (Lipinski definition) is 5. The van der Waals surface area contributed by atoms with E-state index in [4.69, 9.17) is 5.73 Å². The third kappa shape index (κ3) is 10.5. The Hall–Kier alpha value is -9.27. The quantitative estimate of drug-likeness (QED) is 0.0426. The lowest BCUT2D eigenvalue weighted by Crippen LogP contribution is -2.26. The van der Waals surface area contributed by atoms with Crippen molar-refractivity contribution < 1.29 is 46.1 Å². The second kappa shape index (κ2) is 20.7. The SMILES string of the molecule is Cc1cc(C)cc(-n2c(O)c(C(=NNC(=O)Cn3nnnc3N)c3cccc(Cc4cc(C)cc(-n5c(O)c(C(=NNC(=O)C6CCCC6)c6ccccc6)c6ccc(C(F)(F)F)cc65)c4)c3)c3ccc(C(F)(F)F)cc32)c1. The summed E-state index contributed by atoms with van der Waals surface area (Å²) in [5, 5.41) is 45.0. The largest absolute Gasteiger partial charge is 0.494 e. The number of carbonyl (C=O) groups excluding carboxylic acids is 2. The van der Waals surface area contributed by atoms with E-state index in [2.05, 4.69) is 36.6 Å². The Morgan fingerprint density at radius 1 is 0.641 bits per heavy atom. The van der Waals surface area contributed by atoms with Gasteiger partial charge in [-0.25, -0.2) is 15.5 Å². The number of hydrazone groups is 2. The molecule has 78 heavy (non-hydrogen) atoms. The molecule has 0 radical (unpaired) electrons. The van der Waals surface area contributed by atoms with Crippen molar-refractivity contribution in [3.8, 4) is 23.1 Å². The molecule has 0 saturated heterocycles. The Kier molecular flexibility index (Phi) is 13.8. The van der Waals surface area contributed by atoms with Gasteiger partial charge in [0.25, 0.3) is 5.91 Å². The van der Waals surface area contributed by atoms with Crippen LogP contribution in [0.15, 0.2) is 138 Å². The van der Waals surface area contributed by atoms with E-state index in [1.807, 2.05) is 26.0 Å². The Balaban J connectivity index is 1.09. The van der Waals surface area contributed by atoms with Crippen LogP contribution >= 0.6 is 0 Å². The lowest BCUT2D eigenvalue weighted by Gasteiger charge is -2.14. The van der Waals surface area contributed by atoms with Crippen LogP contribution in [-0.2, 0) is 34.9 Å². The third-order valence-corrected chi connectivity index (χ3v) is 13.7. The first-order chi connectivity index (χ1) is 37.2. The molecule has 6 N–H and O–H groups in total. The number of nitrogens with zero attached hydrogens (tertiary/aromatic N) is 8. The predicted molar refractivity (Wildman–Crippen MR) is 282 cm³/mol. The lowest BCUT2D eigenvalue weighted by molar-refractivity contribution is -0.138. The molecule has 0 aliphatic heterocycles. The summed E-state index contributed by atoms with van der Waals surface area (Å²) in [7, 11) is 0. The van der Waals surface area contributed by atoms with Crippen LogP contribution in [0.4, 0.5) is 32.3 Å². The van der Waals surface area contributed by atoms with Gasteiger partial charge >= 0.3 is 12.4 Å². The van der Waals surface area contributed by atoms with E-state index in [1.165, 1.54) is 21.3 Å². The molecule has 1 aliphatic rings. The van der Waals surface area contributed by atoms with Crippen molar-refractivity contribution >= 4 is 51.0 Å². The van der Waals surface area contributed by atoms with E-state index in [1.54, 1.807) is 85.8 Å². The minimum Gasteiger partial charge on any atom is -0.494 e. The maximum atomic E-state index is 14.5. The van der Waals surface area contributed by atoms with Crippen molar-refractivity contribution in [1.29, 1.82) is 0 Å². The Bertz CT molecular complexity index is 3850. The van der Waals surface area contributed by atoms with E-state index < -0.39 is 47.7 Å². The number of carbonyl (C=O) groups is 2. The van der Waals surface area contributed by atoms with Gasteiger partial charge in [-0.15, -0.1) is 0 Å². The number of benzene rings is 6. The highest BCUT2D eigenvalue weighted by molar-refractivity contribution is 6.23. The molecular weight excluding hydrogens is 1020 g/mol. The maximum absolute atomic E-state index is 14.5. The van der Waals surface area contributed by atoms with E-state index in [-0.39, 0.29) is 68.6 Å². The summed E-state index contributed by atoms with van der Waals surface area (Å²) >= 11 is 0. The standard InChI is InChI=1S/C57H49F6N11O4/c1-31-20-32(2)23-41(22-31)73-45-28-39(56(58,59)60)17-19-44(45)49(54(73)78)51(66-65-47(75)30-72-55(64)69-70-71-72)38-15-9-10-34(26-38)25-35-21-33(3)24-42(27-35)74-46-29-40(57(61,62)63)16-18-43(46)48(53(74)77)50(36-11-5-4-6-12-36)67-68-52(76)37-13-7-8-14-37/h4-6,9-12,15-24,26-29,37,77-78H,7-8,13-14,25,30H2,1-3H3,(H,65,75)(H,68,76)(H2,64,69,71). The molecule has 6 aromatic carbocycles. The van der Waals surface area contributed by atoms with Gasteiger partial charge < -0.3 is 15.9 Å². The monoisotopic (exact) mass is 1070 g/mol. The fraction of sp³-hybridized carbons (Fsp3) is 0.211. The molecule has 10 rings (SSSR count). The van der Waals surface area contributed by atoms with Crippen LogP contribution in [0.25, 0.3) is 33.2 Å². The van der Waals surface area contributed by atoms with Crippen molar-refractivity contribution in [2.45, 2.75) is 71.8 Å². The zero-order valence-electron chi connectivity index (χ0n) is 42.1. The van der Waals surface area contributed by atoms with Crippen LogP contribution in [0.2, 0.25) is 0 Å². The number of fused-ring (bicyclic) bond motifs is 2. The number of rotatable bonds is 13. The van der Waals surface area contributed by atoms with E-state index in [9.17, 15) is 46.1 Å². The number of alkyl halides is 6. The summed E-state index contributed by atoms with van der Waals surface area (Å²) in [5.74, 6) is -2.38. The van der Waals surface area contributed by atoms with Crippen LogP contribution < -0.4 is 16.6 Å². The highest BCUT2D eigenvalue weighted by atomic mass is 19.4. The molecular formula is C57H49F6N11O4. The number of nitrogens with two attached hydrogens (primary N) is 1. The molecule has 0 atom stereocenters. The number of amides is 2. The predicted octanol–water partition coefficient (Wildman–Crippen LogP) is 10.7. The number of aryl methyl sites for hydroxylation is 3. The molecule has 9 aromatic rings. The number of aromatic hydroxyl groups is 2. The van der Waals surface area contributed by atoms with Crippen molar-refractivity contribution in [2.24, 2.45) is 16.1 Å². The number of halogens is 6. The summed E-state index contributed by atoms with van der Waals surface area (Å²) in [6, 6.07) is 32.3. The number of aromatic nitrogens is 6. The maximum Gasteiger partial charge on any atom is 0.416 e. The van der Waals surface area contributed by atoms with Crippen LogP contribution in [0.1, 0.15) is 86.9 Å². The van der Waals surface area contributed by atoms with Gasteiger partial charge in [0.05, 0.1) is 33.3 Å². The van der Waals surface area contributed by atoms with Crippen LogP contribution in [0.3, 0.4) is 0 Å². The van der Waals surface area contributed by atoms with Gasteiger partial charge in [-0.3, -0.25) is 18.7 Å². The normalized spacial score (nSPS) is 13.7. The number of nitrogen functional groups attached to an aromatic ring is 1. The average Bonchev–Trinajstić information content (AvgIpc) is 4.38. The van der Waals surface area contributed by atoms with Crippen LogP contribution in [0.5, 0.6) is 11.8 Å². The summed E-state index contributed by atoms with van der Waals surface area (Å²) < 4.78 is 90.3. The topological polar surface area (TPSA) is 203 Å². The molecule has 1 fully saturated rings. The molecule has 0 unspecified atom stereocenters. The van der Waals surface area contributed by atoms with Gasteiger partial charge in [-0.05, 0) is 133 Å². The highest BCUT2D eigenvalue weighted by Crippen LogP contribution is 2.42. The fourth-order valence-electron chi connectivity index (χ4n) is 10.2. The molecule has 3 aromatic heterocycles. The third-order valence-electron chi connectivity index (χ3n) is 13.7. The van der Waals surface area contributed by atoms with Crippen LogP contribution in [0, 0.1) is 26.7 Å². The molecule has 3 heterocycles. The highest BCUT2D eigenvalue weighted by Gasteiger charge is 2.35. The number of tetrazole rings is 1. The van der Waals surface area contributed by atoms with Gasteiger partial charge in [0.2, 0.25) is 23.6 Å². The number of anilines is 1. The zero-order chi connectivity index (χ0) is 55.2. The van der Waals surface area contributed by atoms with E-state index in [0.29, 0.717) is 52.0 Å². The van der Waals surface area contributed by atoms with E-state index in [0.717, 1.165) is 52.9 Å². The summed E-state index contributed by atoms with van der Waals surface area (Å²) in [6.45, 7) is 4.94. The number of hydrogen-bond acceptors (Lipinski definition) is 10. The van der Waals surface area contributed by atoms with Gasteiger partial charge in [0.15, 0.2) is 0 Å². The van der Waals surface area contributed by atoms with Crippen molar-refractivity contribution in [1.82, 2.24) is 40.2 Å². The minimum absolute atomic E-state index is 0.00597. The second-order valence-corrected chi connectivity index (χ2v) is 19.4.